The van der Waals surface area contributed by atoms with Crippen molar-refractivity contribution in [2.24, 2.45) is 5.90 Å². The maximum absolute atomic E-state index is 9.44. The van der Waals surface area contributed by atoms with Gasteiger partial charge in [0.1, 0.15) is 0 Å². The minimum Gasteiger partial charge on any atom is -0.320 e. The van der Waals surface area contributed by atoms with Gasteiger partial charge >= 0.3 is 20.8 Å². The predicted octanol–water partition coefficient (Wildman–Crippen LogP) is -2.06. The standard InChI is InChI=1S/H3NO.H2O7S2/c1-2;1-8(2,3)7-9(4,5)6/h2H,1H2;(H,1,2,3)(H,4,5,6). The van der Waals surface area contributed by atoms with Gasteiger partial charge in [0.15, 0.2) is 0 Å². The summed E-state index contributed by atoms with van der Waals surface area (Å²) in [5.74, 6) is 3.50. The second-order valence-corrected chi connectivity index (χ2v) is 3.18. The molecule has 0 aliphatic heterocycles. The van der Waals surface area contributed by atoms with Crippen LogP contribution in [0, 0.1) is 0 Å². The number of nitrogens with two attached hydrogens (primary N) is 1. The fourth-order valence-electron chi connectivity index (χ4n) is 0.109. The van der Waals surface area contributed by atoms with Crippen LogP contribution in [0.2, 0.25) is 0 Å². The molecule has 0 rings (SSSR count). The molecule has 0 aromatic heterocycles. The fraction of sp³-hybridized carbons (Fsp3) is 0. The van der Waals surface area contributed by atoms with E-state index < -0.39 is 20.8 Å². The summed E-state index contributed by atoms with van der Waals surface area (Å²) in [6.07, 6.45) is 0. The van der Waals surface area contributed by atoms with Gasteiger partial charge in [-0.1, -0.05) is 0 Å². The maximum Gasteiger partial charge on any atom is 0.413 e. The molecule has 0 aromatic carbocycles. The zero-order valence-electron chi connectivity index (χ0n) is 4.78. The van der Waals surface area contributed by atoms with Gasteiger partial charge in [-0.25, -0.2) is 5.90 Å². The highest BCUT2D eigenvalue weighted by Gasteiger charge is 2.15. The highest BCUT2D eigenvalue weighted by atomic mass is 32.3. The molecule has 0 unspecified atom stereocenters. The first-order valence-electron chi connectivity index (χ1n) is 1.62. The SMILES string of the molecule is NO.O=S(=O)(O)OS(=O)(=O)O. The zero-order chi connectivity index (χ0) is 9.71. The molecule has 0 spiro atoms. The van der Waals surface area contributed by atoms with E-state index >= 15 is 0 Å². The molecule has 0 saturated heterocycles. The Morgan fingerprint density at radius 3 is 1.09 bits per heavy atom. The summed E-state index contributed by atoms with van der Waals surface area (Å²) in [7, 11) is -10.2. The summed E-state index contributed by atoms with van der Waals surface area (Å²) >= 11 is 0. The highest BCUT2D eigenvalue weighted by Crippen LogP contribution is 1.91. The lowest BCUT2D eigenvalue weighted by Gasteiger charge is -1.89. The Morgan fingerprint density at radius 1 is 0.909 bits per heavy atom. The summed E-state index contributed by atoms with van der Waals surface area (Å²) in [4.78, 5) is 0. The van der Waals surface area contributed by atoms with E-state index in [9.17, 15) is 16.8 Å². The zero-order valence-corrected chi connectivity index (χ0v) is 6.41. The van der Waals surface area contributed by atoms with Crippen molar-refractivity contribution < 1.29 is 34.8 Å². The molecule has 11 heavy (non-hydrogen) atoms. The molecule has 0 fully saturated rings. The minimum absolute atomic E-state index is 2.68. The van der Waals surface area contributed by atoms with E-state index in [1.165, 1.54) is 0 Å². The molecule has 0 saturated carbocycles. The van der Waals surface area contributed by atoms with Gasteiger partial charge in [-0.05, 0) is 0 Å². The van der Waals surface area contributed by atoms with Gasteiger partial charge in [0.05, 0.1) is 0 Å². The van der Waals surface area contributed by atoms with Gasteiger partial charge in [-0.2, -0.15) is 16.8 Å². The third-order valence-corrected chi connectivity index (χ3v) is 1.55. The Labute approximate surface area is 62.3 Å². The van der Waals surface area contributed by atoms with E-state index in [4.69, 9.17) is 14.3 Å². The van der Waals surface area contributed by atoms with Crippen molar-refractivity contribution in [1.29, 1.82) is 0 Å². The molecule has 0 radical (unpaired) electrons. The van der Waals surface area contributed by atoms with E-state index in [-0.39, 0.29) is 0 Å². The van der Waals surface area contributed by atoms with Crippen molar-refractivity contribution in [3.63, 3.8) is 0 Å². The molecule has 0 aliphatic carbocycles. The molecule has 0 amide bonds. The third-order valence-electron chi connectivity index (χ3n) is 0.172. The molecule has 0 heterocycles. The quantitative estimate of drug-likeness (QED) is 0.297. The van der Waals surface area contributed by atoms with Crippen LogP contribution in [0.3, 0.4) is 0 Å². The summed E-state index contributed by atoms with van der Waals surface area (Å²) in [6.45, 7) is 0. The van der Waals surface area contributed by atoms with Crippen LogP contribution >= 0.6 is 0 Å². The Balaban J connectivity index is 0. The van der Waals surface area contributed by atoms with Crippen LogP contribution < -0.4 is 5.90 Å². The molecule has 11 heteroatoms. The highest BCUT2D eigenvalue weighted by molar-refractivity contribution is 7.94. The average Bonchev–Trinajstić information content (AvgIpc) is 1.60. The fourth-order valence-corrected chi connectivity index (χ4v) is 0.978. The lowest BCUT2D eigenvalue weighted by molar-refractivity contribution is 0.311. The maximum atomic E-state index is 9.44. The van der Waals surface area contributed by atoms with Gasteiger partial charge in [-0.15, -0.1) is 3.63 Å². The lowest BCUT2D eigenvalue weighted by atomic mass is 13.6. The van der Waals surface area contributed by atoms with E-state index in [1.807, 2.05) is 0 Å². The molecular formula is H5NO8S2. The van der Waals surface area contributed by atoms with Crippen LogP contribution in [-0.2, 0) is 24.4 Å². The first-order valence-corrected chi connectivity index (χ1v) is 4.35. The first kappa shape index (κ1) is 13.3. The van der Waals surface area contributed by atoms with Crippen molar-refractivity contribution >= 4 is 20.8 Å². The van der Waals surface area contributed by atoms with Gasteiger partial charge < -0.3 is 5.21 Å². The van der Waals surface area contributed by atoms with Crippen LogP contribution in [0.15, 0.2) is 0 Å². The normalized spacial score (nSPS) is 11.6. The van der Waals surface area contributed by atoms with Crippen LogP contribution in [-0.4, -0.2) is 31.1 Å². The van der Waals surface area contributed by atoms with Gasteiger partial charge in [-0.3, -0.25) is 9.11 Å². The topological polar surface area (TPSA) is 164 Å². The number of hydrogen-bond donors (Lipinski definition) is 4. The Morgan fingerprint density at radius 2 is 1.09 bits per heavy atom. The summed E-state index contributed by atoms with van der Waals surface area (Å²) < 4.78 is 55.6. The minimum atomic E-state index is -5.12. The molecule has 5 N–H and O–H groups in total. The second kappa shape index (κ2) is 4.55. The van der Waals surface area contributed by atoms with Crippen LogP contribution in [0.25, 0.3) is 0 Å². The molecule has 0 atom stereocenters. The van der Waals surface area contributed by atoms with Gasteiger partial charge in [0.2, 0.25) is 0 Å². The molecule has 0 aliphatic rings. The van der Waals surface area contributed by atoms with Crippen molar-refractivity contribution in [1.82, 2.24) is 0 Å². The van der Waals surface area contributed by atoms with Crippen LogP contribution in [0.4, 0.5) is 0 Å². The number of rotatable bonds is 2. The van der Waals surface area contributed by atoms with E-state index in [2.05, 4.69) is 9.53 Å². The van der Waals surface area contributed by atoms with Crippen molar-refractivity contribution in [3.05, 3.63) is 0 Å². The summed E-state index contributed by atoms with van der Waals surface area (Å²) in [5.41, 5.74) is 0. The largest absolute Gasteiger partial charge is 0.413 e. The molecule has 0 aromatic rings. The molecule has 0 bridgehead atoms. The molecule has 9 nitrogen and oxygen atoms in total. The number of hydrogen-bond acceptors (Lipinski definition) is 7. The van der Waals surface area contributed by atoms with Crippen molar-refractivity contribution in [2.45, 2.75) is 0 Å². The summed E-state index contributed by atoms with van der Waals surface area (Å²) in [5, 5.41) is 6.50. The molecule has 70 valence electrons. The van der Waals surface area contributed by atoms with Gasteiger partial charge in [0, 0.05) is 0 Å². The van der Waals surface area contributed by atoms with Gasteiger partial charge in [0.25, 0.3) is 0 Å². The predicted molar refractivity (Wildman–Crippen MR) is 30.2 cm³/mol. The van der Waals surface area contributed by atoms with Crippen LogP contribution in [0.1, 0.15) is 0 Å². The smallest absolute Gasteiger partial charge is 0.320 e. The Hall–Kier alpha value is -0.300. The van der Waals surface area contributed by atoms with Crippen LogP contribution in [0.5, 0.6) is 0 Å². The van der Waals surface area contributed by atoms with Crippen molar-refractivity contribution in [3.8, 4) is 0 Å². The second-order valence-electron chi connectivity index (χ2n) is 0.924. The van der Waals surface area contributed by atoms with E-state index in [0.29, 0.717) is 0 Å². The lowest BCUT2D eigenvalue weighted by Crippen LogP contribution is -2.10. The average molecular weight is 211 g/mol. The van der Waals surface area contributed by atoms with Crippen molar-refractivity contribution in [2.75, 3.05) is 0 Å². The summed E-state index contributed by atoms with van der Waals surface area (Å²) in [6, 6.07) is 0. The Kier molecular flexibility index (Phi) is 5.50. The molecular weight excluding hydrogens is 206 g/mol. The Bertz CT molecular complexity index is 237. The van der Waals surface area contributed by atoms with E-state index in [1.54, 1.807) is 0 Å². The first-order chi connectivity index (χ1) is 4.71. The monoisotopic (exact) mass is 211 g/mol. The van der Waals surface area contributed by atoms with E-state index in [0.717, 1.165) is 0 Å². The third kappa shape index (κ3) is 17.7.